The predicted molar refractivity (Wildman–Crippen MR) is 139 cm³/mol. The lowest BCUT2D eigenvalue weighted by Gasteiger charge is -2.46. The van der Waals surface area contributed by atoms with E-state index in [-0.39, 0.29) is 11.6 Å². The van der Waals surface area contributed by atoms with Crippen LogP contribution in [0.15, 0.2) is 78.9 Å². The first kappa shape index (κ1) is 23.1. The van der Waals surface area contributed by atoms with Gasteiger partial charge in [-0.1, -0.05) is 72.8 Å². The third kappa shape index (κ3) is 5.05. The van der Waals surface area contributed by atoms with Gasteiger partial charge in [-0.05, 0) is 55.6 Å². The van der Waals surface area contributed by atoms with Gasteiger partial charge < -0.3 is 15.4 Å². The Morgan fingerprint density at radius 1 is 0.941 bits per heavy atom. The lowest BCUT2D eigenvalue weighted by Crippen LogP contribution is -2.53. The minimum Gasteiger partial charge on any atom is -0.485 e. The summed E-state index contributed by atoms with van der Waals surface area (Å²) >= 11 is 0. The number of hydrogen-bond acceptors (Lipinski definition) is 4. The van der Waals surface area contributed by atoms with Crippen LogP contribution in [0, 0.1) is 0 Å². The summed E-state index contributed by atoms with van der Waals surface area (Å²) < 4.78 is 6.65. The molecule has 1 saturated heterocycles. The highest BCUT2D eigenvalue weighted by Gasteiger charge is 2.39. The van der Waals surface area contributed by atoms with E-state index in [0.29, 0.717) is 0 Å². The van der Waals surface area contributed by atoms with Crippen molar-refractivity contribution in [2.24, 2.45) is 0 Å². The molecule has 0 saturated carbocycles. The van der Waals surface area contributed by atoms with Crippen LogP contribution in [0.25, 0.3) is 0 Å². The Morgan fingerprint density at radius 2 is 1.68 bits per heavy atom. The van der Waals surface area contributed by atoms with Crippen molar-refractivity contribution in [3.63, 3.8) is 0 Å². The maximum atomic E-state index is 6.65. The average Bonchev–Trinajstić information content (AvgIpc) is 2.90. The van der Waals surface area contributed by atoms with Gasteiger partial charge in [0.15, 0.2) is 0 Å². The second-order valence-electron chi connectivity index (χ2n) is 9.71. The fourth-order valence-electron chi connectivity index (χ4n) is 5.66. The monoisotopic (exact) mass is 455 g/mol. The van der Waals surface area contributed by atoms with E-state index in [1.54, 1.807) is 0 Å². The molecular weight excluding hydrogens is 418 g/mol. The second-order valence-corrected chi connectivity index (χ2v) is 9.71. The van der Waals surface area contributed by atoms with Crippen molar-refractivity contribution in [2.45, 2.75) is 43.9 Å². The van der Waals surface area contributed by atoms with Crippen molar-refractivity contribution in [2.75, 3.05) is 33.2 Å². The summed E-state index contributed by atoms with van der Waals surface area (Å²) in [6.45, 7) is 5.13. The highest BCUT2D eigenvalue weighted by Crippen LogP contribution is 2.38. The number of benzene rings is 3. The molecule has 1 atom stereocenters. The van der Waals surface area contributed by atoms with Crippen LogP contribution in [-0.4, -0.2) is 38.1 Å². The van der Waals surface area contributed by atoms with E-state index < -0.39 is 0 Å². The Hall–Kier alpha value is -2.66. The maximum Gasteiger partial charge on any atom is 0.125 e. The molecule has 3 aromatic carbocycles. The zero-order chi connectivity index (χ0) is 23.2. The van der Waals surface area contributed by atoms with Crippen molar-refractivity contribution in [1.82, 2.24) is 15.5 Å². The quantitative estimate of drug-likeness (QED) is 0.498. The molecule has 2 aliphatic rings. The van der Waals surface area contributed by atoms with Crippen LogP contribution in [0.5, 0.6) is 5.75 Å². The molecular formula is C30H37N3O. The molecule has 4 nitrogen and oxygen atoms in total. The number of nitrogens with zero attached hydrogens (tertiary/aromatic N) is 1. The lowest BCUT2D eigenvalue weighted by atomic mass is 9.76. The summed E-state index contributed by atoms with van der Waals surface area (Å²) in [5.74, 6) is 1.01. The van der Waals surface area contributed by atoms with E-state index in [4.69, 9.17) is 4.74 Å². The molecule has 34 heavy (non-hydrogen) atoms. The summed E-state index contributed by atoms with van der Waals surface area (Å²) in [6.07, 6.45) is 4.43. The summed E-state index contributed by atoms with van der Waals surface area (Å²) in [5.41, 5.74) is 5.71. The van der Waals surface area contributed by atoms with Crippen LogP contribution in [0.4, 0.5) is 0 Å². The molecule has 3 aromatic rings. The van der Waals surface area contributed by atoms with Gasteiger partial charge in [-0.3, -0.25) is 4.90 Å². The standard InChI is InChI=1S/C30H37N3O/c1-31-19-16-29(25-10-3-2-4-11-25)34-28-14-8-6-12-26(28)23-33-21-17-30(18-22-33)27-13-7-5-9-24(27)15-20-32-30/h2-14,29,31-32H,15-23H2,1H3. The number of para-hydroxylation sites is 1. The molecule has 0 amide bonds. The summed E-state index contributed by atoms with van der Waals surface area (Å²) in [5, 5.41) is 7.17. The Kier molecular flexibility index (Phi) is 7.29. The fraction of sp³-hybridized carbons (Fsp3) is 0.400. The van der Waals surface area contributed by atoms with Gasteiger partial charge in [0.25, 0.3) is 0 Å². The zero-order valence-corrected chi connectivity index (χ0v) is 20.3. The molecule has 0 aromatic heterocycles. The van der Waals surface area contributed by atoms with Gasteiger partial charge in [-0.2, -0.15) is 0 Å². The number of likely N-dealkylation sites (tertiary alicyclic amines) is 1. The number of piperidine rings is 1. The van der Waals surface area contributed by atoms with E-state index in [0.717, 1.165) is 64.2 Å². The van der Waals surface area contributed by atoms with Gasteiger partial charge in [0, 0.05) is 43.7 Å². The van der Waals surface area contributed by atoms with Crippen LogP contribution in [0.1, 0.15) is 47.6 Å². The van der Waals surface area contributed by atoms with E-state index >= 15 is 0 Å². The van der Waals surface area contributed by atoms with Crippen LogP contribution in [-0.2, 0) is 18.5 Å². The van der Waals surface area contributed by atoms with Crippen LogP contribution in [0.3, 0.4) is 0 Å². The molecule has 2 N–H and O–H groups in total. The molecule has 2 heterocycles. The number of nitrogens with one attached hydrogen (secondary N) is 2. The second kappa shape index (κ2) is 10.7. The number of ether oxygens (including phenoxy) is 1. The lowest BCUT2D eigenvalue weighted by molar-refractivity contribution is 0.121. The first-order chi connectivity index (χ1) is 16.8. The smallest absolute Gasteiger partial charge is 0.125 e. The van der Waals surface area contributed by atoms with Crippen LogP contribution >= 0.6 is 0 Å². The first-order valence-corrected chi connectivity index (χ1v) is 12.8. The van der Waals surface area contributed by atoms with E-state index in [2.05, 4.69) is 94.4 Å². The fourth-order valence-corrected chi connectivity index (χ4v) is 5.66. The largest absolute Gasteiger partial charge is 0.485 e. The van der Waals surface area contributed by atoms with Gasteiger partial charge in [-0.15, -0.1) is 0 Å². The Balaban J connectivity index is 1.28. The third-order valence-corrected chi connectivity index (χ3v) is 7.56. The molecule has 4 heteroatoms. The van der Waals surface area contributed by atoms with Crippen LogP contribution < -0.4 is 15.4 Å². The van der Waals surface area contributed by atoms with Crippen molar-refractivity contribution in [3.05, 3.63) is 101 Å². The van der Waals surface area contributed by atoms with Gasteiger partial charge in [0.05, 0.1) is 0 Å². The average molecular weight is 456 g/mol. The maximum absolute atomic E-state index is 6.65. The zero-order valence-electron chi connectivity index (χ0n) is 20.3. The normalized spacial score (nSPS) is 18.4. The van der Waals surface area contributed by atoms with Crippen molar-refractivity contribution >= 4 is 0 Å². The first-order valence-electron chi connectivity index (χ1n) is 12.8. The molecule has 0 radical (unpaired) electrons. The molecule has 1 unspecified atom stereocenters. The van der Waals surface area contributed by atoms with E-state index in [1.807, 2.05) is 7.05 Å². The predicted octanol–water partition coefficient (Wildman–Crippen LogP) is 5.05. The molecule has 0 bridgehead atoms. The number of rotatable bonds is 8. The minimum atomic E-state index is 0.0439. The Labute approximate surface area is 204 Å². The van der Waals surface area contributed by atoms with E-state index in [9.17, 15) is 0 Å². The van der Waals surface area contributed by atoms with Crippen LogP contribution in [0.2, 0.25) is 0 Å². The van der Waals surface area contributed by atoms with Gasteiger partial charge >= 0.3 is 0 Å². The molecule has 2 aliphatic heterocycles. The number of hydrogen-bond donors (Lipinski definition) is 2. The number of fused-ring (bicyclic) bond motifs is 2. The molecule has 1 fully saturated rings. The minimum absolute atomic E-state index is 0.0439. The van der Waals surface area contributed by atoms with Gasteiger partial charge in [0.2, 0.25) is 0 Å². The molecule has 178 valence electrons. The highest BCUT2D eigenvalue weighted by molar-refractivity contribution is 5.37. The SMILES string of the molecule is CNCCC(Oc1ccccc1CN1CCC2(CC1)NCCc1ccccc12)c1ccccc1. The topological polar surface area (TPSA) is 36.5 Å². The van der Waals surface area contributed by atoms with Crippen molar-refractivity contribution in [3.8, 4) is 5.75 Å². The highest BCUT2D eigenvalue weighted by atomic mass is 16.5. The van der Waals surface area contributed by atoms with E-state index in [1.165, 1.54) is 22.3 Å². The van der Waals surface area contributed by atoms with Gasteiger partial charge in [0.1, 0.15) is 11.9 Å². The van der Waals surface area contributed by atoms with Gasteiger partial charge in [-0.25, -0.2) is 0 Å². The van der Waals surface area contributed by atoms with Crippen molar-refractivity contribution < 1.29 is 4.74 Å². The Morgan fingerprint density at radius 3 is 2.50 bits per heavy atom. The molecule has 5 rings (SSSR count). The van der Waals surface area contributed by atoms with Crippen molar-refractivity contribution in [1.29, 1.82) is 0 Å². The summed E-state index contributed by atoms with van der Waals surface area (Å²) in [7, 11) is 2.00. The third-order valence-electron chi connectivity index (χ3n) is 7.56. The Bertz CT molecular complexity index is 1060. The molecule has 0 aliphatic carbocycles. The molecule has 1 spiro atoms. The summed E-state index contributed by atoms with van der Waals surface area (Å²) in [4.78, 5) is 2.59. The summed E-state index contributed by atoms with van der Waals surface area (Å²) in [6, 6.07) is 28.2.